The molecule has 102 valence electrons. The van der Waals surface area contributed by atoms with Gasteiger partial charge in [-0.25, -0.2) is 4.98 Å². The van der Waals surface area contributed by atoms with E-state index in [9.17, 15) is 0 Å². The number of hydrogen-bond acceptors (Lipinski definition) is 5. The van der Waals surface area contributed by atoms with E-state index in [0.717, 1.165) is 34.9 Å². The summed E-state index contributed by atoms with van der Waals surface area (Å²) in [4.78, 5) is 11.0. The number of aromatic nitrogens is 2. The highest BCUT2D eigenvalue weighted by molar-refractivity contribution is 7.18. The quantitative estimate of drug-likeness (QED) is 0.879. The van der Waals surface area contributed by atoms with E-state index in [1.807, 2.05) is 0 Å². The van der Waals surface area contributed by atoms with Crippen LogP contribution < -0.4 is 11.1 Å². The van der Waals surface area contributed by atoms with Crippen molar-refractivity contribution in [3.8, 4) is 0 Å². The predicted octanol–water partition coefficient (Wildman–Crippen LogP) is 3.29. The number of rotatable bonds is 5. The van der Waals surface area contributed by atoms with Gasteiger partial charge in [0.15, 0.2) is 0 Å². The van der Waals surface area contributed by atoms with Crippen molar-refractivity contribution >= 4 is 33.3 Å². The number of fused-ring (bicyclic) bond motifs is 1. The normalized spacial score (nSPS) is 16.7. The molecule has 1 unspecified atom stereocenters. The lowest BCUT2D eigenvalue weighted by molar-refractivity contribution is 0.536. The molecule has 2 aromatic rings. The van der Waals surface area contributed by atoms with Gasteiger partial charge in [-0.05, 0) is 37.2 Å². The number of aryl methyl sites for hydroxylation is 1. The second-order valence-corrected chi connectivity index (χ2v) is 6.53. The molecule has 4 nitrogen and oxygen atoms in total. The Morgan fingerprint density at radius 1 is 1.47 bits per heavy atom. The number of nitrogens with two attached hydrogens (primary N) is 1. The van der Waals surface area contributed by atoms with Crippen molar-refractivity contribution in [2.24, 2.45) is 11.8 Å². The minimum absolute atomic E-state index is 0.360. The lowest BCUT2D eigenvalue weighted by Crippen LogP contribution is -2.14. The van der Waals surface area contributed by atoms with Gasteiger partial charge in [-0.15, -0.1) is 11.3 Å². The first-order valence-corrected chi connectivity index (χ1v) is 7.78. The van der Waals surface area contributed by atoms with Crippen LogP contribution in [0.5, 0.6) is 0 Å². The second kappa shape index (κ2) is 4.96. The second-order valence-electron chi connectivity index (χ2n) is 5.41. The zero-order valence-electron chi connectivity index (χ0n) is 11.4. The first-order chi connectivity index (χ1) is 9.17. The van der Waals surface area contributed by atoms with E-state index in [1.54, 1.807) is 11.3 Å². The average molecular weight is 276 g/mol. The zero-order valence-corrected chi connectivity index (χ0v) is 12.3. The standard InChI is InChI=1S/C14H20N4S/c1-3-10-6-11-12(16-7-8(2)9-4-5-9)17-14(15)18-13(11)19-10/h6,8-9H,3-5,7H2,1-2H3,(H3,15,16,17,18). The van der Waals surface area contributed by atoms with Crippen molar-refractivity contribution < 1.29 is 0 Å². The van der Waals surface area contributed by atoms with Crippen molar-refractivity contribution in [3.05, 3.63) is 10.9 Å². The van der Waals surface area contributed by atoms with E-state index in [0.29, 0.717) is 11.9 Å². The van der Waals surface area contributed by atoms with Crippen molar-refractivity contribution in [1.29, 1.82) is 0 Å². The van der Waals surface area contributed by atoms with Crippen LogP contribution in [0.4, 0.5) is 11.8 Å². The van der Waals surface area contributed by atoms with E-state index < -0.39 is 0 Å². The summed E-state index contributed by atoms with van der Waals surface area (Å²) in [6.07, 6.45) is 3.78. The zero-order chi connectivity index (χ0) is 13.4. The van der Waals surface area contributed by atoms with Gasteiger partial charge in [-0.2, -0.15) is 4.98 Å². The fraction of sp³-hybridized carbons (Fsp3) is 0.571. The van der Waals surface area contributed by atoms with Gasteiger partial charge < -0.3 is 11.1 Å². The van der Waals surface area contributed by atoms with Gasteiger partial charge in [-0.3, -0.25) is 0 Å². The van der Waals surface area contributed by atoms with Crippen molar-refractivity contribution in [1.82, 2.24) is 9.97 Å². The van der Waals surface area contributed by atoms with Crippen molar-refractivity contribution in [2.45, 2.75) is 33.1 Å². The minimum atomic E-state index is 0.360. The van der Waals surface area contributed by atoms with E-state index in [2.05, 4.69) is 35.2 Å². The van der Waals surface area contributed by atoms with Crippen LogP contribution in [0, 0.1) is 11.8 Å². The Kier molecular flexibility index (Phi) is 3.31. The highest BCUT2D eigenvalue weighted by atomic mass is 32.1. The van der Waals surface area contributed by atoms with Gasteiger partial charge in [0.2, 0.25) is 5.95 Å². The molecule has 19 heavy (non-hydrogen) atoms. The molecule has 1 aliphatic rings. The Balaban J connectivity index is 1.85. The largest absolute Gasteiger partial charge is 0.369 e. The topological polar surface area (TPSA) is 63.8 Å². The molecule has 1 aliphatic carbocycles. The molecule has 0 aliphatic heterocycles. The summed E-state index contributed by atoms with van der Waals surface area (Å²) in [5, 5.41) is 4.57. The van der Waals surface area contributed by atoms with Gasteiger partial charge in [0, 0.05) is 11.4 Å². The summed E-state index contributed by atoms with van der Waals surface area (Å²) >= 11 is 1.71. The molecule has 5 heteroatoms. The molecule has 1 atom stereocenters. The Labute approximate surface area is 117 Å². The molecular formula is C14H20N4S. The molecular weight excluding hydrogens is 256 g/mol. The molecule has 1 fully saturated rings. The number of thiophene rings is 1. The molecule has 2 heterocycles. The number of hydrogen-bond donors (Lipinski definition) is 2. The summed E-state index contributed by atoms with van der Waals surface area (Å²) in [6.45, 7) is 5.43. The molecule has 0 radical (unpaired) electrons. The molecule has 2 aromatic heterocycles. The third-order valence-electron chi connectivity index (χ3n) is 3.83. The molecule has 1 saturated carbocycles. The fourth-order valence-electron chi connectivity index (χ4n) is 2.39. The molecule has 0 amide bonds. The van der Waals surface area contributed by atoms with Crippen LogP contribution in [0.1, 0.15) is 31.6 Å². The number of nitrogens with zero attached hydrogens (tertiary/aromatic N) is 2. The first-order valence-electron chi connectivity index (χ1n) is 6.97. The number of anilines is 2. The Bertz CT molecular complexity index is 588. The minimum Gasteiger partial charge on any atom is -0.369 e. The smallest absolute Gasteiger partial charge is 0.223 e. The first kappa shape index (κ1) is 12.7. The maximum atomic E-state index is 5.80. The van der Waals surface area contributed by atoms with Gasteiger partial charge in [0.05, 0.1) is 5.39 Å². The Hall–Kier alpha value is -1.36. The van der Waals surface area contributed by atoms with Gasteiger partial charge in [0.1, 0.15) is 10.6 Å². The summed E-state index contributed by atoms with van der Waals surface area (Å²) < 4.78 is 0. The molecule has 0 aromatic carbocycles. The maximum Gasteiger partial charge on any atom is 0.223 e. The molecule has 3 rings (SSSR count). The monoisotopic (exact) mass is 276 g/mol. The number of nitrogens with one attached hydrogen (secondary N) is 1. The maximum absolute atomic E-state index is 5.80. The summed E-state index contributed by atoms with van der Waals surface area (Å²) in [6, 6.07) is 2.18. The predicted molar refractivity (Wildman–Crippen MR) is 81.6 cm³/mol. The molecule has 0 bridgehead atoms. The fourth-order valence-corrected chi connectivity index (χ4v) is 3.36. The summed E-state index contributed by atoms with van der Waals surface area (Å²) in [7, 11) is 0. The Morgan fingerprint density at radius 2 is 2.26 bits per heavy atom. The van der Waals surface area contributed by atoms with E-state index in [4.69, 9.17) is 5.73 Å². The molecule has 0 saturated heterocycles. The third kappa shape index (κ3) is 2.66. The van der Waals surface area contributed by atoms with Crippen LogP contribution in [0.15, 0.2) is 6.07 Å². The average Bonchev–Trinajstić information content (AvgIpc) is 3.15. The number of nitrogen functional groups attached to an aromatic ring is 1. The summed E-state index contributed by atoms with van der Waals surface area (Å²) in [5.41, 5.74) is 5.80. The third-order valence-corrected chi connectivity index (χ3v) is 5.00. The lowest BCUT2D eigenvalue weighted by atomic mass is 10.1. The van der Waals surface area contributed by atoms with Crippen LogP contribution in [0.3, 0.4) is 0 Å². The highest BCUT2D eigenvalue weighted by Crippen LogP contribution is 2.37. The van der Waals surface area contributed by atoms with Crippen molar-refractivity contribution in [3.63, 3.8) is 0 Å². The van der Waals surface area contributed by atoms with Gasteiger partial charge in [0.25, 0.3) is 0 Å². The lowest BCUT2D eigenvalue weighted by Gasteiger charge is -2.12. The van der Waals surface area contributed by atoms with Crippen LogP contribution >= 0.6 is 11.3 Å². The Morgan fingerprint density at radius 3 is 2.95 bits per heavy atom. The molecule has 3 N–H and O–H groups in total. The van der Waals surface area contributed by atoms with Gasteiger partial charge in [-0.1, -0.05) is 13.8 Å². The van der Waals surface area contributed by atoms with Crippen LogP contribution in [-0.2, 0) is 6.42 Å². The summed E-state index contributed by atoms with van der Waals surface area (Å²) in [5.74, 6) is 2.86. The van der Waals surface area contributed by atoms with Crippen LogP contribution in [0.2, 0.25) is 0 Å². The van der Waals surface area contributed by atoms with Gasteiger partial charge >= 0.3 is 0 Å². The van der Waals surface area contributed by atoms with E-state index in [1.165, 1.54) is 17.7 Å². The van der Waals surface area contributed by atoms with E-state index >= 15 is 0 Å². The van der Waals surface area contributed by atoms with Crippen LogP contribution in [0.25, 0.3) is 10.2 Å². The molecule has 0 spiro atoms. The highest BCUT2D eigenvalue weighted by Gasteiger charge is 2.27. The SMILES string of the molecule is CCc1cc2c(NCC(C)C3CC3)nc(N)nc2s1. The van der Waals surface area contributed by atoms with Crippen molar-refractivity contribution in [2.75, 3.05) is 17.6 Å². The van der Waals surface area contributed by atoms with E-state index in [-0.39, 0.29) is 0 Å². The van der Waals surface area contributed by atoms with Crippen LogP contribution in [-0.4, -0.2) is 16.5 Å².